The van der Waals surface area contributed by atoms with E-state index in [1.165, 1.54) is 6.92 Å². The second-order valence-corrected chi connectivity index (χ2v) is 3.42. The summed E-state index contributed by atoms with van der Waals surface area (Å²) in [5.74, 6) is 0.487. The lowest BCUT2D eigenvalue weighted by Gasteiger charge is -2.11. The third kappa shape index (κ3) is 3.74. The summed E-state index contributed by atoms with van der Waals surface area (Å²) in [4.78, 5) is 11.0. The van der Waals surface area contributed by atoms with Gasteiger partial charge in [0.1, 0.15) is 12.4 Å². The van der Waals surface area contributed by atoms with Crippen LogP contribution in [-0.4, -0.2) is 19.1 Å². The first kappa shape index (κ1) is 12.3. The van der Waals surface area contributed by atoms with Crippen molar-refractivity contribution < 1.29 is 9.53 Å². The van der Waals surface area contributed by atoms with E-state index >= 15 is 0 Å². The summed E-state index contributed by atoms with van der Waals surface area (Å²) < 4.78 is 5.50. The Morgan fingerprint density at radius 3 is 2.81 bits per heavy atom. The third-order valence-electron chi connectivity index (χ3n) is 1.92. The van der Waals surface area contributed by atoms with Crippen LogP contribution in [-0.2, 0) is 4.79 Å². The van der Waals surface area contributed by atoms with E-state index in [1.54, 1.807) is 12.1 Å². The normalized spacial score (nSPS) is 9.62. The number of nitrogens with one attached hydrogen (secondary N) is 1. The van der Waals surface area contributed by atoms with Gasteiger partial charge in [0.05, 0.1) is 5.69 Å². The number of hydrogen-bond acceptors (Lipinski definition) is 3. The van der Waals surface area contributed by atoms with Gasteiger partial charge in [-0.1, -0.05) is 18.7 Å². The highest BCUT2D eigenvalue weighted by Gasteiger charge is 2.04. The SMILES string of the molecule is C=C(CN)COc1ccccc1NC(C)=O. The van der Waals surface area contributed by atoms with Crippen molar-refractivity contribution in [1.82, 2.24) is 0 Å². The van der Waals surface area contributed by atoms with Gasteiger partial charge in [0.15, 0.2) is 0 Å². The average Bonchev–Trinajstić information content (AvgIpc) is 2.26. The molecule has 1 rings (SSSR count). The molecule has 0 unspecified atom stereocenters. The molecule has 0 aromatic heterocycles. The van der Waals surface area contributed by atoms with E-state index in [4.69, 9.17) is 10.5 Å². The van der Waals surface area contributed by atoms with Crippen LogP contribution in [0.5, 0.6) is 5.75 Å². The zero-order valence-electron chi connectivity index (χ0n) is 9.32. The van der Waals surface area contributed by atoms with Crippen molar-refractivity contribution in [3.63, 3.8) is 0 Å². The maximum absolute atomic E-state index is 11.0. The number of carbonyl (C=O) groups is 1. The van der Waals surface area contributed by atoms with Crippen LogP contribution in [0.15, 0.2) is 36.4 Å². The van der Waals surface area contributed by atoms with Crippen molar-refractivity contribution >= 4 is 11.6 Å². The smallest absolute Gasteiger partial charge is 0.221 e. The summed E-state index contributed by atoms with van der Waals surface area (Å²) in [7, 11) is 0. The summed E-state index contributed by atoms with van der Waals surface area (Å²) in [5.41, 5.74) is 6.86. The van der Waals surface area contributed by atoms with Crippen LogP contribution in [0.25, 0.3) is 0 Å². The fourth-order valence-corrected chi connectivity index (χ4v) is 1.12. The van der Waals surface area contributed by atoms with E-state index in [0.29, 0.717) is 24.6 Å². The maximum atomic E-state index is 11.0. The quantitative estimate of drug-likeness (QED) is 0.740. The number of benzene rings is 1. The van der Waals surface area contributed by atoms with E-state index in [2.05, 4.69) is 11.9 Å². The molecule has 0 spiro atoms. The van der Waals surface area contributed by atoms with Gasteiger partial charge in [0.2, 0.25) is 5.91 Å². The first-order chi connectivity index (χ1) is 7.63. The third-order valence-corrected chi connectivity index (χ3v) is 1.92. The number of para-hydroxylation sites is 2. The van der Waals surface area contributed by atoms with Crippen molar-refractivity contribution in [1.29, 1.82) is 0 Å². The minimum absolute atomic E-state index is 0.131. The Labute approximate surface area is 95.1 Å². The summed E-state index contributed by atoms with van der Waals surface area (Å²) in [6, 6.07) is 7.23. The molecule has 0 aliphatic heterocycles. The number of nitrogens with two attached hydrogens (primary N) is 1. The molecule has 16 heavy (non-hydrogen) atoms. The first-order valence-corrected chi connectivity index (χ1v) is 4.99. The van der Waals surface area contributed by atoms with Gasteiger partial charge in [-0.15, -0.1) is 0 Å². The van der Waals surface area contributed by atoms with Gasteiger partial charge in [-0.2, -0.15) is 0 Å². The van der Waals surface area contributed by atoms with E-state index in [-0.39, 0.29) is 5.91 Å². The Hall–Kier alpha value is -1.81. The molecule has 86 valence electrons. The Kier molecular flexibility index (Phi) is 4.54. The molecule has 3 N–H and O–H groups in total. The number of anilines is 1. The Morgan fingerprint density at radius 2 is 2.19 bits per heavy atom. The second-order valence-electron chi connectivity index (χ2n) is 3.42. The molecule has 0 aliphatic rings. The fourth-order valence-electron chi connectivity index (χ4n) is 1.12. The molecular weight excluding hydrogens is 204 g/mol. The largest absolute Gasteiger partial charge is 0.487 e. The van der Waals surface area contributed by atoms with Gasteiger partial charge in [-0.3, -0.25) is 4.79 Å². The lowest BCUT2D eigenvalue weighted by Crippen LogP contribution is -2.12. The van der Waals surface area contributed by atoms with Crippen molar-refractivity contribution in [3.8, 4) is 5.75 Å². The number of ether oxygens (including phenoxy) is 1. The predicted octanol–water partition coefficient (Wildman–Crippen LogP) is 1.54. The number of hydrogen-bond donors (Lipinski definition) is 2. The van der Waals surface area contributed by atoms with Crippen molar-refractivity contribution in [2.75, 3.05) is 18.5 Å². The molecule has 4 nitrogen and oxygen atoms in total. The predicted molar refractivity (Wildman–Crippen MR) is 64.4 cm³/mol. The molecule has 1 aromatic carbocycles. The Balaban J connectivity index is 2.70. The molecule has 0 heterocycles. The minimum Gasteiger partial charge on any atom is -0.487 e. The molecule has 0 bridgehead atoms. The van der Waals surface area contributed by atoms with Crippen LogP contribution in [0, 0.1) is 0 Å². The summed E-state index contributed by atoms with van der Waals surface area (Å²) in [6.07, 6.45) is 0. The minimum atomic E-state index is -0.131. The van der Waals surface area contributed by atoms with Crippen LogP contribution in [0.3, 0.4) is 0 Å². The van der Waals surface area contributed by atoms with Gasteiger partial charge in [0, 0.05) is 13.5 Å². The molecule has 1 aromatic rings. The lowest BCUT2D eigenvalue weighted by molar-refractivity contribution is -0.114. The van der Waals surface area contributed by atoms with Gasteiger partial charge >= 0.3 is 0 Å². The number of amides is 1. The van der Waals surface area contributed by atoms with Crippen molar-refractivity contribution in [2.24, 2.45) is 5.73 Å². The molecule has 1 amide bonds. The number of rotatable bonds is 5. The maximum Gasteiger partial charge on any atom is 0.221 e. The van der Waals surface area contributed by atoms with Gasteiger partial charge in [-0.25, -0.2) is 0 Å². The summed E-state index contributed by atoms with van der Waals surface area (Å²) in [5, 5.41) is 2.69. The Morgan fingerprint density at radius 1 is 1.50 bits per heavy atom. The Bertz CT molecular complexity index is 388. The zero-order valence-corrected chi connectivity index (χ0v) is 9.32. The first-order valence-electron chi connectivity index (χ1n) is 4.99. The van der Waals surface area contributed by atoms with Gasteiger partial charge in [-0.05, 0) is 17.7 Å². The molecule has 0 radical (unpaired) electrons. The van der Waals surface area contributed by atoms with Crippen LogP contribution >= 0.6 is 0 Å². The van der Waals surface area contributed by atoms with E-state index < -0.39 is 0 Å². The monoisotopic (exact) mass is 220 g/mol. The van der Waals surface area contributed by atoms with Crippen LogP contribution in [0.1, 0.15) is 6.92 Å². The standard InChI is InChI=1S/C12H16N2O2/c1-9(7-13)8-16-12-6-4-3-5-11(12)14-10(2)15/h3-6H,1,7-8,13H2,2H3,(H,14,15). The van der Waals surface area contributed by atoms with Crippen LogP contribution in [0.2, 0.25) is 0 Å². The molecular formula is C12H16N2O2. The highest BCUT2D eigenvalue weighted by Crippen LogP contribution is 2.23. The zero-order chi connectivity index (χ0) is 12.0. The summed E-state index contributed by atoms with van der Waals surface area (Å²) in [6.45, 7) is 5.94. The highest BCUT2D eigenvalue weighted by molar-refractivity contribution is 5.90. The molecule has 0 atom stereocenters. The lowest BCUT2D eigenvalue weighted by atomic mass is 10.3. The van der Waals surface area contributed by atoms with Gasteiger partial charge < -0.3 is 15.8 Å². The second kappa shape index (κ2) is 5.92. The van der Waals surface area contributed by atoms with Crippen LogP contribution < -0.4 is 15.8 Å². The van der Waals surface area contributed by atoms with Crippen molar-refractivity contribution in [3.05, 3.63) is 36.4 Å². The fraction of sp³-hybridized carbons (Fsp3) is 0.250. The summed E-state index contributed by atoms with van der Waals surface area (Å²) >= 11 is 0. The highest BCUT2D eigenvalue weighted by atomic mass is 16.5. The van der Waals surface area contributed by atoms with E-state index in [1.807, 2.05) is 12.1 Å². The van der Waals surface area contributed by atoms with Crippen molar-refractivity contribution in [2.45, 2.75) is 6.92 Å². The van der Waals surface area contributed by atoms with E-state index in [0.717, 1.165) is 5.57 Å². The van der Waals surface area contributed by atoms with Gasteiger partial charge in [0.25, 0.3) is 0 Å². The average molecular weight is 220 g/mol. The van der Waals surface area contributed by atoms with E-state index in [9.17, 15) is 4.79 Å². The molecule has 0 saturated heterocycles. The molecule has 0 aliphatic carbocycles. The molecule has 0 fully saturated rings. The van der Waals surface area contributed by atoms with Crippen LogP contribution in [0.4, 0.5) is 5.69 Å². The number of carbonyl (C=O) groups excluding carboxylic acids is 1. The molecule has 0 saturated carbocycles. The molecule has 4 heteroatoms. The topological polar surface area (TPSA) is 64.3 Å².